The molecule has 3 amide bonds. The molecule has 146 valence electrons. The van der Waals surface area contributed by atoms with Gasteiger partial charge in [-0.25, -0.2) is 4.90 Å². The molecule has 2 aromatic carbocycles. The van der Waals surface area contributed by atoms with Gasteiger partial charge in [0, 0.05) is 23.4 Å². The van der Waals surface area contributed by atoms with Gasteiger partial charge in [0.1, 0.15) is 0 Å². The summed E-state index contributed by atoms with van der Waals surface area (Å²) in [4.78, 5) is 39.1. The van der Waals surface area contributed by atoms with Gasteiger partial charge < -0.3 is 5.32 Å². The normalized spacial score (nSPS) is 16.5. The second kappa shape index (κ2) is 9.06. The van der Waals surface area contributed by atoms with Crippen molar-refractivity contribution in [2.24, 2.45) is 0 Å². The molecule has 6 heteroatoms. The van der Waals surface area contributed by atoms with E-state index in [1.54, 1.807) is 12.1 Å². The standard InChI is InChI=1S/C22H24N2O3S/c1-3-4-5-20(25)23-16-8-12-18(13-9-16)28-19-14-21(26)24(22(19)27)17-10-6-15(2)7-11-17/h6-13,19H,3-5,14H2,1-2H3,(H,23,25). The molecule has 1 saturated heterocycles. The van der Waals surface area contributed by atoms with Crippen LogP contribution >= 0.6 is 11.8 Å². The lowest BCUT2D eigenvalue weighted by molar-refractivity contribution is -0.121. The summed E-state index contributed by atoms with van der Waals surface area (Å²) in [7, 11) is 0. The van der Waals surface area contributed by atoms with Gasteiger partial charge in [-0.3, -0.25) is 14.4 Å². The van der Waals surface area contributed by atoms with Crippen LogP contribution in [0.1, 0.15) is 38.2 Å². The van der Waals surface area contributed by atoms with Crippen molar-refractivity contribution in [3.63, 3.8) is 0 Å². The number of nitrogens with zero attached hydrogens (tertiary/aromatic N) is 1. The van der Waals surface area contributed by atoms with Crippen molar-refractivity contribution in [3.05, 3.63) is 54.1 Å². The summed E-state index contributed by atoms with van der Waals surface area (Å²) < 4.78 is 0. The molecule has 1 aliphatic heterocycles. The van der Waals surface area contributed by atoms with Gasteiger partial charge in [-0.05, 0) is 49.7 Å². The molecule has 0 saturated carbocycles. The van der Waals surface area contributed by atoms with Gasteiger partial charge in [-0.2, -0.15) is 0 Å². The summed E-state index contributed by atoms with van der Waals surface area (Å²) in [5.74, 6) is -0.352. The third kappa shape index (κ3) is 4.81. The van der Waals surface area contributed by atoms with Crippen molar-refractivity contribution in [2.45, 2.75) is 49.7 Å². The minimum atomic E-state index is -0.432. The average Bonchev–Trinajstić information content (AvgIpc) is 2.96. The molecule has 0 spiro atoms. The predicted molar refractivity (Wildman–Crippen MR) is 113 cm³/mol. The summed E-state index contributed by atoms with van der Waals surface area (Å²) in [6.45, 7) is 4.01. The zero-order valence-electron chi connectivity index (χ0n) is 16.1. The lowest BCUT2D eigenvalue weighted by Gasteiger charge is -2.15. The van der Waals surface area contributed by atoms with E-state index < -0.39 is 5.25 Å². The molecular formula is C22H24N2O3S. The van der Waals surface area contributed by atoms with E-state index in [1.807, 2.05) is 50.2 Å². The molecule has 1 aliphatic rings. The summed E-state index contributed by atoms with van der Waals surface area (Å²) in [5, 5.41) is 2.44. The first-order valence-corrected chi connectivity index (χ1v) is 10.4. The van der Waals surface area contributed by atoms with Crippen molar-refractivity contribution in [2.75, 3.05) is 10.2 Å². The highest BCUT2D eigenvalue weighted by Crippen LogP contribution is 2.34. The van der Waals surface area contributed by atoms with Gasteiger partial charge in [0.15, 0.2) is 0 Å². The minimum absolute atomic E-state index is 0.00700. The van der Waals surface area contributed by atoms with E-state index in [2.05, 4.69) is 5.32 Å². The topological polar surface area (TPSA) is 66.5 Å². The molecule has 0 aromatic heterocycles. The van der Waals surface area contributed by atoms with Crippen LogP contribution in [0.25, 0.3) is 0 Å². The van der Waals surface area contributed by atoms with Crippen molar-refractivity contribution in [1.29, 1.82) is 0 Å². The molecule has 2 aromatic rings. The van der Waals surface area contributed by atoms with Gasteiger partial charge in [0.25, 0.3) is 0 Å². The molecule has 3 rings (SSSR count). The lowest BCUT2D eigenvalue weighted by atomic mass is 10.2. The number of hydrogen-bond acceptors (Lipinski definition) is 4. The zero-order chi connectivity index (χ0) is 20.1. The Morgan fingerprint density at radius 2 is 1.79 bits per heavy atom. The highest BCUT2D eigenvalue weighted by molar-refractivity contribution is 8.00. The van der Waals surface area contributed by atoms with Crippen LogP contribution < -0.4 is 10.2 Å². The van der Waals surface area contributed by atoms with Gasteiger partial charge in [-0.15, -0.1) is 11.8 Å². The van der Waals surface area contributed by atoms with Crippen LogP contribution in [-0.2, 0) is 14.4 Å². The summed E-state index contributed by atoms with van der Waals surface area (Å²) in [5.41, 5.74) is 2.44. The van der Waals surface area contributed by atoms with E-state index in [0.29, 0.717) is 12.1 Å². The number of carbonyl (C=O) groups excluding carboxylic acids is 3. The first-order chi connectivity index (χ1) is 13.5. The predicted octanol–water partition coefficient (Wildman–Crippen LogP) is 4.55. The Balaban J connectivity index is 1.62. The third-order valence-corrected chi connectivity index (χ3v) is 5.77. The molecule has 0 radical (unpaired) electrons. The number of aryl methyl sites for hydroxylation is 1. The van der Waals surface area contributed by atoms with E-state index >= 15 is 0 Å². The van der Waals surface area contributed by atoms with Gasteiger partial charge >= 0.3 is 0 Å². The number of hydrogen-bond donors (Lipinski definition) is 1. The molecule has 1 heterocycles. The van der Waals surface area contributed by atoms with Crippen molar-refractivity contribution < 1.29 is 14.4 Å². The number of nitrogens with one attached hydrogen (secondary N) is 1. The number of thioether (sulfide) groups is 1. The lowest BCUT2D eigenvalue weighted by Crippen LogP contribution is -2.31. The molecule has 1 atom stereocenters. The summed E-state index contributed by atoms with van der Waals surface area (Å²) in [6.07, 6.45) is 2.55. The molecule has 0 aliphatic carbocycles. The number of rotatable bonds is 7. The van der Waals surface area contributed by atoms with E-state index in [9.17, 15) is 14.4 Å². The Labute approximate surface area is 169 Å². The Hall–Kier alpha value is -2.60. The Bertz CT molecular complexity index is 862. The van der Waals surface area contributed by atoms with Crippen LogP contribution in [0.4, 0.5) is 11.4 Å². The van der Waals surface area contributed by atoms with Crippen LogP contribution in [0.3, 0.4) is 0 Å². The van der Waals surface area contributed by atoms with E-state index in [-0.39, 0.29) is 24.1 Å². The van der Waals surface area contributed by atoms with E-state index in [4.69, 9.17) is 0 Å². The Morgan fingerprint density at radius 3 is 2.43 bits per heavy atom. The minimum Gasteiger partial charge on any atom is -0.326 e. The second-order valence-electron chi connectivity index (χ2n) is 6.89. The van der Waals surface area contributed by atoms with E-state index in [0.717, 1.165) is 29.0 Å². The van der Waals surface area contributed by atoms with Crippen molar-refractivity contribution in [3.8, 4) is 0 Å². The van der Waals surface area contributed by atoms with Gasteiger partial charge in [0.05, 0.1) is 10.9 Å². The fourth-order valence-electron chi connectivity index (χ4n) is 3.00. The first kappa shape index (κ1) is 20.1. The molecule has 1 fully saturated rings. The monoisotopic (exact) mass is 396 g/mol. The molecular weight excluding hydrogens is 372 g/mol. The smallest absolute Gasteiger partial charge is 0.247 e. The largest absolute Gasteiger partial charge is 0.326 e. The van der Waals surface area contributed by atoms with Crippen LogP contribution in [0.5, 0.6) is 0 Å². The van der Waals surface area contributed by atoms with Crippen molar-refractivity contribution >= 4 is 40.9 Å². The SMILES string of the molecule is CCCCC(=O)Nc1ccc(SC2CC(=O)N(c3ccc(C)cc3)C2=O)cc1. The number of carbonyl (C=O) groups is 3. The maximum atomic E-state index is 12.7. The van der Waals surface area contributed by atoms with Crippen LogP contribution in [0, 0.1) is 6.92 Å². The highest BCUT2D eigenvalue weighted by atomic mass is 32.2. The van der Waals surface area contributed by atoms with Gasteiger partial charge in [-0.1, -0.05) is 31.0 Å². The van der Waals surface area contributed by atoms with Crippen LogP contribution in [-0.4, -0.2) is 23.0 Å². The number of amides is 3. The Morgan fingerprint density at radius 1 is 1.11 bits per heavy atom. The highest BCUT2D eigenvalue weighted by Gasteiger charge is 2.40. The average molecular weight is 397 g/mol. The maximum absolute atomic E-state index is 12.7. The number of unbranched alkanes of at least 4 members (excludes halogenated alkanes) is 1. The van der Waals surface area contributed by atoms with Crippen LogP contribution in [0.15, 0.2) is 53.4 Å². The molecule has 28 heavy (non-hydrogen) atoms. The molecule has 1 unspecified atom stereocenters. The van der Waals surface area contributed by atoms with Crippen LogP contribution in [0.2, 0.25) is 0 Å². The first-order valence-electron chi connectivity index (χ1n) is 9.48. The molecule has 5 nitrogen and oxygen atoms in total. The number of benzene rings is 2. The summed E-state index contributed by atoms with van der Waals surface area (Å²) in [6, 6.07) is 14.8. The molecule has 0 bridgehead atoms. The Kier molecular flexibility index (Phi) is 6.52. The zero-order valence-corrected chi connectivity index (χ0v) is 16.9. The fourth-order valence-corrected chi connectivity index (χ4v) is 4.06. The molecule has 1 N–H and O–H groups in total. The summed E-state index contributed by atoms with van der Waals surface area (Å²) >= 11 is 1.38. The van der Waals surface area contributed by atoms with Crippen molar-refractivity contribution in [1.82, 2.24) is 0 Å². The third-order valence-electron chi connectivity index (χ3n) is 4.57. The van der Waals surface area contributed by atoms with Gasteiger partial charge in [0.2, 0.25) is 17.7 Å². The number of anilines is 2. The number of imide groups is 1. The fraction of sp³-hybridized carbons (Fsp3) is 0.318. The second-order valence-corrected chi connectivity index (χ2v) is 8.17. The quantitative estimate of drug-likeness (QED) is 0.698. The maximum Gasteiger partial charge on any atom is 0.247 e. The van der Waals surface area contributed by atoms with E-state index in [1.165, 1.54) is 16.7 Å².